The predicted molar refractivity (Wildman–Crippen MR) is 83.8 cm³/mol. The van der Waals surface area contributed by atoms with Crippen LogP contribution in [0.4, 0.5) is 5.95 Å². The van der Waals surface area contributed by atoms with Gasteiger partial charge in [0.25, 0.3) is 0 Å². The van der Waals surface area contributed by atoms with E-state index in [0.717, 1.165) is 26.8 Å². The van der Waals surface area contributed by atoms with Crippen LogP contribution in [0.2, 0.25) is 0 Å². The average Bonchev–Trinajstić information content (AvgIpc) is 2.87. The van der Waals surface area contributed by atoms with Gasteiger partial charge in [-0.1, -0.05) is 21.0 Å². The number of nitrogens with one attached hydrogen (secondary N) is 1. The van der Waals surface area contributed by atoms with Gasteiger partial charge in [0.1, 0.15) is 5.75 Å². The lowest BCUT2D eigenvalue weighted by molar-refractivity contribution is 0.334. The summed E-state index contributed by atoms with van der Waals surface area (Å²) in [7, 11) is 0. The summed E-state index contributed by atoms with van der Waals surface area (Å²) in [5.74, 6) is 1.48. The quantitative estimate of drug-likeness (QED) is 0.800. The van der Waals surface area contributed by atoms with Crippen LogP contribution in [0.1, 0.15) is 19.4 Å². The number of ether oxygens (including phenoxy) is 1. The number of hydrogen-bond acceptors (Lipinski definition) is 5. The first-order valence-corrected chi connectivity index (χ1v) is 7.85. The van der Waals surface area contributed by atoms with Crippen molar-refractivity contribution >= 4 is 37.8 Å². The standard InChI is InChI=1S/C12H15Br2N5O/c1-3-19-12(16-17-18-19)15-7-8-5-9(13)6-10(14)11(8)20-4-2/h5-6H,3-4,7H2,1-2H3,(H,15,16,18). The number of benzene rings is 1. The molecular formula is C12H15Br2N5O. The van der Waals surface area contributed by atoms with E-state index in [1.807, 2.05) is 26.0 Å². The average molecular weight is 405 g/mol. The first kappa shape index (κ1) is 15.2. The summed E-state index contributed by atoms with van der Waals surface area (Å²) in [6, 6.07) is 3.98. The van der Waals surface area contributed by atoms with Gasteiger partial charge in [-0.15, -0.1) is 0 Å². The SMILES string of the molecule is CCOc1c(Br)cc(Br)cc1CNc1nnnn1CC. The van der Waals surface area contributed by atoms with Gasteiger partial charge in [0.2, 0.25) is 5.95 Å². The van der Waals surface area contributed by atoms with Crippen molar-refractivity contribution in [3.05, 3.63) is 26.6 Å². The zero-order chi connectivity index (χ0) is 14.5. The number of hydrogen-bond donors (Lipinski definition) is 1. The van der Waals surface area contributed by atoms with Gasteiger partial charge in [-0.3, -0.25) is 0 Å². The summed E-state index contributed by atoms with van der Waals surface area (Å²) in [4.78, 5) is 0. The van der Waals surface area contributed by atoms with Crippen molar-refractivity contribution in [3.63, 3.8) is 0 Å². The third-order valence-corrected chi connectivity index (χ3v) is 3.69. The Hall–Kier alpha value is -1.15. The van der Waals surface area contributed by atoms with Crippen LogP contribution in [-0.2, 0) is 13.1 Å². The van der Waals surface area contributed by atoms with Crippen LogP contribution in [-0.4, -0.2) is 26.8 Å². The molecule has 1 heterocycles. The summed E-state index contributed by atoms with van der Waals surface area (Å²) in [6.07, 6.45) is 0. The summed E-state index contributed by atoms with van der Waals surface area (Å²) < 4.78 is 9.29. The molecule has 20 heavy (non-hydrogen) atoms. The van der Waals surface area contributed by atoms with Crippen molar-refractivity contribution in [1.29, 1.82) is 0 Å². The first-order valence-electron chi connectivity index (χ1n) is 6.26. The second-order valence-electron chi connectivity index (χ2n) is 3.98. The Balaban J connectivity index is 2.20. The maximum absolute atomic E-state index is 5.68. The van der Waals surface area contributed by atoms with Crippen LogP contribution in [0.25, 0.3) is 0 Å². The van der Waals surface area contributed by atoms with E-state index in [4.69, 9.17) is 4.74 Å². The number of rotatable bonds is 6. The van der Waals surface area contributed by atoms with E-state index in [1.165, 1.54) is 0 Å². The van der Waals surface area contributed by atoms with Crippen LogP contribution in [0, 0.1) is 0 Å². The molecule has 2 rings (SSSR count). The summed E-state index contributed by atoms with van der Waals surface area (Å²) in [5, 5.41) is 14.7. The van der Waals surface area contributed by atoms with Crippen LogP contribution < -0.4 is 10.1 Å². The molecule has 0 aliphatic carbocycles. The van der Waals surface area contributed by atoms with Crippen molar-refractivity contribution in [3.8, 4) is 5.75 Å². The summed E-state index contributed by atoms with van der Waals surface area (Å²) in [5.41, 5.74) is 1.03. The maximum atomic E-state index is 5.68. The molecule has 0 fully saturated rings. The van der Waals surface area contributed by atoms with E-state index in [9.17, 15) is 0 Å². The fraction of sp³-hybridized carbons (Fsp3) is 0.417. The van der Waals surface area contributed by atoms with Crippen LogP contribution in [0.15, 0.2) is 21.1 Å². The van der Waals surface area contributed by atoms with Gasteiger partial charge in [0, 0.05) is 23.1 Å². The number of anilines is 1. The van der Waals surface area contributed by atoms with Gasteiger partial charge < -0.3 is 10.1 Å². The normalized spacial score (nSPS) is 10.6. The number of aryl methyl sites for hydroxylation is 1. The highest BCUT2D eigenvalue weighted by Gasteiger charge is 2.11. The third-order valence-electron chi connectivity index (χ3n) is 2.64. The van der Waals surface area contributed by atoms with E-state index < -0.39 is 0 Å². The van der Waals surface area contributed by atoms with Crippen molar-refractivity contribution < 1.29 is 4.74 Å². The minimum Gasteiger partial charge on any atom is -0.492 e. The molecule has 1 aromatic carbocycles. The van der Waals surface area contributed by atoms with Crippen LogP contribution >= 0.6 is 31.9 Å². The fourth-order valence-electron chi connectivity index (χ4n) is 1.77. The highest BCUT2D eigenvalue weighted by atomic mass is 79.9. The number of aromatic nitrogens is 4. The van der Waals surface area contributed by atoms with Gasteiger partial charge in [-0.2, -0.15) is 0 Å². The van der Waals surface area contributed by atoms with E-state index >= 15 is 0 Å². The molecule has 6 nitrogen and oxygen atoms in total. The molecule has 108 valence electrons. The van der Waals surface area contributed by atoms with E-state index in [2.05, 4.69) is 52.7 Å². The minimum absolute atomic E-state index is 0.577. The Bertz CT molecular complexity index is 587. The van der Waals surface area contributed by atoms with E-state index in [1.54, 1.807) is 4.68 Å². The number of halogens is 2. The lowest BCUT2D eigenvalue weighted by atomic mass is 10.2. The van der Waals surface area contributed by atoms with Gasteiger partial charge in [-0.05, 0) is 52.3 Å². The highest BCUT2D eigenvalue weighted by molar-refractivity contribution is 9.11. The van der Waals surface area contributed by atoms with E-state index in [-0.39, 0.29) is 0 Å². The van der Waals surface area contributed by atoms with Gasteiger partial charge in [0.15, 0.2) is 0 Å². The maximum Gasteiger partial charge on any atom is 0.243 e. The molecule has 0 unspecified atom stereocenters. The first-order chi connectivity index (χ1) is 9.65. The molecule has 0 saturated carbocycles. The Morgan fingerprint density at radius 2 is 2.10 bits per heavy atom. The van der Waals surface area contributed by atoms with Gasteiger partial charge in [-0.25, -0.2) is 4.68 Å². The Morgan fingerprint density at radius 3 is 2.80 bits per heavy atom. The van der Waals surface area contributed by atoms with Gasteiger partial charge >= 0.3 is 0 Å². The molecular weight excluding hydrogens is 390 g/mol. The van der Waals surface area contributed by atoms with Crippen molar-refractivity contribution in [2.24, 2.45) is 0 Å². The lowest BCUT2D eigenvalue weighted by Crippen LogP contribution is -2.09. The Morgan fingerprint density at radius 1 is 1.30 bits per heavy atom. The molecule has 0 aliphatic heterocycles. The van der Waals surface area contributed by atoms with Crippen LogP contribution in [0.3, 0.4) is 0 Å². The zero-order valence-electron chi connectivity index (χ0n) is 11.2. The monoisotopic (exact) mass is 403 g/mol. The molecule has 0 aliphatic rings. The Labute approximate surface area is 134 Å². The molecule has 8 heteroatoms. The second kappa shape index (κ2) is 7.03. The lowest BCUT2D eigenvalue weighted by Gasteiger charge is -2.13. The predicted octanol–water partition coefficient (Wildman–Crippen LogP) is 3.23. The fourth-order valence-corrected chi connectivity index (χ4v) is 3.20. The number of nitrogens with zero attached hydrogens (tertiary/aromatic N) is 4. The molecule has 0 atom stereocenters. The number of tetrazole rings is 1. The highest BCUT2D eigenvalue weighted by Crippen LogP contribution is 2.33. The molecule has 1 aromatic heterocycles. The summed E-state index contributed by atoms with van der Waals surface area (Å²) >= 11 is 7.00. The van der Waals surface area contributed by atoms with Crippen LogP contribution in [0.5, 0.6) is 5.75 Å². The molecule has 2 aromatic rings. The molecule has 0 amide bonds. The van der Waals surface area contributed by atoms with Crippen molar-refractivity contribution in [2.45, 2.75) is 26.9 Å². The largest absolute Gasteiger partial charge is 0.492 e. The molecule has 0 saturated heterocycles. The molecule has 1 N–H and O–H groups in total. The molecule has 0 radical (unpaired) electrons. The third kappa shape index (κ3) is 3.49. The van der Waals surface area contributed by atoms with Gasteiger partial charge in [0.05, 0.1) is 11.1 Å². The van der Waals surface area contributed by atoms with Crippen molar-refractivity contribution in [2.75, 3.05) is 11.9 Å². The Kier molecular flexibility index (Phi) is 5.36. The topological polar surface area (TPSA) is 64.9 Å². The molecule has 0 spiro atoms. The smallest absolute Gasteiger partial charge is 0.243 e. The zero-order valence-corrected chi connectivity index (χ0v) is 14.4. The second-order valence-corrected chi connectivity index (χ2v) is 5.75. The van der Waals surface area contributed by atoms with Crippen molar-refractivity contribution in [1.82, 2.24) is 20.2 Å². The summed E-state index contributed by atoms with van der Waals surface area (Å²) in [6.45, 7) is 5.86. The molecule has 0 bridgehead atoms. The van der Waals surface area contributed by atoms with E-state index in [0.29, 0.717) is 19.1 Å². The minimum atomic E-state index is 0.577.